The summed E-state index contributed by atoms with van der Waals surface area (Å²) in [6, 6.07) is 10.9. The van der Waals surface area contributed by atoms with Crippen molar-refractivity contribution in [2.45, 2.75) is 20.8 Å². The summed E-state index contributed by atoms with van der Waals surface area (Å²) in [4.78, 5) is 12.7. The summed E-state index contributed by atoms with van der Waals surface area (Å²) in [7, 11) is 0. The minimum absolute atomic E-state index is 0.107. The predicted octanol–water partition coefficient (Wildman–Crippen LogP) is 5.27. The number of rotatable bonds is 1. The van der Waals surface area contributed by atoms with Crippen LogP contribution in [0.2, 0.25) is 0 Å². The zero-order valence-electron chi connectivity index (χ0n) is 13.2. The number of carbonyl (C=O) groups excluding carboxylic acids is 1. The minimum atomic E-state index is -0.642. The number of hydrogen-bond donors (Lipinski definition) is 0. The van der Waals surface area contributed by atoms with Gasteiger partial charge in [-0.25, -0.2) is 8.78 Å². The van der Waals surface area contributed by atoms with Gasteiger partial charge >= 0.3 is 0 Å². The molecule has 0 spiro atoms. The third-order valence-corrected chi connectivity index (χ3v) is 3.80. The second-order valence-electron chi connectivity index (χ2n) is 6.58. The Labute approximate surface area is 133 Å². The largest absolute Gasteiger partial charge is 0.286 e. The van der Waals surface area contributed by atoms with Crippen molar-refractivity contribution >= 4 is 16.8 Å². The van der Waals surface area contributed by atoms with E-state index in [9.17, 15) is 13.6 Å². The number of halogens is 2. The van der Waals surface area contributed by atoms with Crippen LogP contribution in [-0.4, -0.2) is 10.5 Å². The number of aromatic nitrogens is 1. The molecule has 0 amide bonds. The summed E-state index contributed by atoms with van der Waals surface area (Å²) in [5.74, 6) is -1.41. The normalized spacial score (nSPS) is 11.9. The quantitative estimate of drug-likeness (QED) is 0.599. The van der Waals surface area contributed by atoms with E-state index < -0.39 is 17.0 Å². The molecule has 2 aromatic carbocycles. The Kier molecular flexibility index (Phi) is 3.55. The maximum atomic E-state index is 14.2. The van der Waals surface area contributed by atoms with Crippen molar-refractivity contribution in [2.24, 2.45) is 5.41 Å². The molecule has 0 saturated heterocycles. The number of fused-ring (bicyclic) bond motifs is 1. The first-order chi connectivity index (χ1) is 10.8. The van der Waals surface area contributed by atoms with E-state index in [2.05, 4.69) is 0 Å². The fraction of sp³-hybridized carbons (Fsp3) is 0.211. The van der Waals surface area contributed by atoms with E-state index in [4.69, 9.17) is 0 Å². The summed E-state index contributed by atoms with van der Waals surface area (Å²) < 4.78 is 29.8. The van der Waals surface area contributed by atoms with Crippen molar-refractivity contribution in [3.05, 3.63) is 60.3 Å². The van der Waals surface area contributed by atoms with Crippen molar-refractivity contribution in [1.82, 2.24) is 4.57 Å². The SMILES string of the molecule is CC(C)(C)C(=O)n1cc(-c2c(F)cccc2F)c2ccccc21. The van der Waals surface area contributed by atoms with Crippen molar-refractivity contribution in [2.75, 3.05) is 0 Å². The first kappa shape index (κ1) is 15.4. The molecule has 0 unspecified atom stereocenters. The Balaban J connectivity index is 2.34. The Bertz CT molecular complexity index is 883. The fourth-order valence-corrected chi connectivity index (χ4v) is 2.66. The van der Waals surface area contributed by atoms with Crippen LogP contribution >= 0.6 is 0 Å². The summed E-state index contributed by atoms with van der Waals surface area (Å²) in [5, 5.41) is 0.647. The maximum Gasteiger partial charge on any atom is 0.236 e. The first-order valence-corrected chi connectivity index (χ1v) is 7.40. The van der Waals surface area contributed by atoms with Gasteiger partial charge in [0, 0.05) is 22.6 Å². The second-order valence-corrected chi connectivity index (χ2v) is 6.58. The van der Waals surface area contributed by atoms with Gasteiger partial charge in [0.05, 0.1) is 11.1 Å². The average molecular weight is 313 g/mol. The predicted molar refractivity (Wildman–Crippen MR) is 87.4 cm³/mol. The van der Waals surface area contributed by atoms with Gasteiger partial charge < -0.3 is 0 Å². The van der Waals surface area contributed by atoms with E-state index in [0.29, 0.717) is 16.5 Å². The van der Waals surface area contributed by atoms with E-state index in [1.807, 2.05) is 20.8 Å². The van der Waals surface area contributed by atoms with Gasteiger partial charge in [-0.3, -0.25) is 9.36 Å². The topological polar surface area (TPSA) is 22.0 Å². The van der Waals surface area contributed by atoms with Gasteiger partial charge in [0.25, 0.3) is 0 Å². The molecule has 0 atom stereocenters. The zero-order chi connectivity index (χ0) is 16.8. The van der Waals surface area contributed by atoms with Crippen molar-refractivity contribution < 1.29 is 13.6 Å². The second kappa shape index (κ2) is 5.30. The van der Waals surface area contributed by atoms with Crippen LogP contribution in [0.15, 0.2) is 48.7 Å². The molecule has 3 aromatic rings. The van der Waals surface area contributed by atoms with Crippen molar-refractivity contribution in [1.29, 1.82) is 0 Å². The molecule has 2 nitrogen and oxygen atoms in total. The molecule has 0 aliphatic carbocycles. The molecule has 1 aromatic heterocycles. The number of hydrogen-bond acceptors (Lipinski definition) is 1. The summed E-state index contributed by atoms with van der Waals surface area (Å²) in [6.45, 7) is 5.44. The maximum absolute atomic E-state index is 14.2. The lowest BCUT2D eigenvalue weighted by atomic mass is 9.95. The van der Waals surface area contributed by atoms with Crippen LogP contribution in [0, 0.1) is 17.0 Å². The standard InChI is InChI=1S/C19H17F2NO/c1-19(2,3)18(23)22-11-13(12-7-4-5-10-16(12)22)17-14(20)8-6-9-15(17)21/h4-11H,1-3H3. The van der Waals surface area contributed by atoms with Crippen LogP contribution in [0.5, 0.6) is 0 Å². The van der Waals surface area contributed by atoms with Crippen LogP contribution in [0.4, 0.5) is 8.78 Å². The molecule has 3 rings (SSSR count). The van der Waals surface area contributed by atoms with Gasteiger partial charge in [0.1, 0.15) is 11.6 Å². The van der Waals surface area contributed by atoms with Gasteiger partial charge in [-0.15, -0.1) is 0 Å². The smallest absolute Gasteiger partial charge is 0.236 e. The molecule has 118 valence electrons. The number of para-hydroxylation sites is 1. The highest BCUT2D eigenvalue weighted by molar-refractivity contribution is 6.03. The third kappa shape index (κ3) is 2.54. The molecule has 0 saturated carbocycles. The molecule has 0 bridgehead atoms. The average Bonchev–Trinajstić information content (AvgIpc) is 2.85. The fourth-order valence-electron chi connectivity index (χ4n) is 2.66. The zero-order valence-corrected chi connectivity index (χ0v) is 13.2. The van der Waals surface area contributed by atoms with Crippen LogP contribution in [0.3, 0.4) is 0 Å². The van der Waals surface area contributed by atoms with E-state index in [0.717, 1.165) is 0 Å². The van der Waals surface area contributed by atoms with Gasteiger partial charge in [0.15, 0.2) is 0 Å². The molecule has 0 radical (unpaired) electrons. The van der Waals surface area contributed by atoms with E-state index >= 15 is 0 Å². The van der Waals surface area contributed by atoms with E-state index in [1.165, 1.54) is 29.0 Å². The van der Waals surface area contributed by atoms with Gasteiger partial charge in [-0.2, -0.15) is 0 Å². The molecule has 0 aliphatic rings. The molecule has 4 heteroatoms. The Morgan fingerprint density at radius 3 is 2.17 bits per heavy atom. The number of nitrogens with zero attached hydrogens (tertiary/aromatic N) is 1. The van der Waals surface area contributed by atoms with Gasteiger partial charge in [-0.1, -0.05) is 45.0 Å². The monoisotopic (exact) mass is 313 g/mol. The van der Waals surface area contributed by atoms with Crippen LogP contribution in [-0.2, 0) is 0 Å². The molecule has 1 heterocycles. The molecular weight excluding hydrogens is 296 g/mol. The Morgan fingerprint density at radius 1 is 0.957 bits per heavy atom. The molecule has 0 aliphatic heterocycles. The summed E-state index contributed by atoms with van der Waals surface area (Å²) >= 11 is 0. The van der Waals surface area contributed by atoms with Gasteiger partial charge in [-0.05, 0) is 18.2 Å². The molecule has 23 heavy (non-hydrogen) atoms. The lowest BCUT2D eigenvalue weighted by Gasteiger charge is -2.17. The lowest BCUT2D eigenvalue weighted by Crippen LogP contribution is -2.25. The van der Waals surface area contributed by atoms with E-state index in [-0.39, 0.29) is 11.5 Å². The Morgan fingerprint density at radius 2 is 1.57 bits per heavy atom. The number of carbonyl (C=O) groups is 1. The highest BCUT2D eigenvalue weighted by Gasteiger charge is 2.26. The summed E-state index contributed by atoms with van der Waals surface area (Å²) in [6.07, 6.45) is 1.53. The molecular formula is C19H17F2NO. The summed E-state index contributed by atoms with van der Waals surface area (Å²) in [5.41, 5.74) is 0.315. The third-order valence-electron chi connectivity index (χ3n) is 3.80. The molecule has 0 fully saturated rings. The van der Waals surface area contributed by atoms with E-state index in [1.54, 1.807) is 24.3 Å². The highest BCUT2D eigenvalue weighted by Crippen LogP contribution is 2.35. The lowest BCUT2D eigenvalue weighted by molar-refractivity contribution is 0.0773. The molecule has 0 N–H and O–H groups in total. The van der Waals surface area contributed by atoms with Crippen molar-refractivity contribution in [3.8, 4) is 11.1 Å². The van der Waals surface area contributed by atoms with Gasteiger partial charge in [0.2, 0.25) is 5.91 Å². The Hall–Kier alpha value is -2.49. The van der Waals surface area contributed by atoms with Crippen LogP contribution in [0.1, 0.15) is 25.6 Å². The highest BCUT2D eigenvalue weighted by atomic mass is 19.1. The van der Waals surface area contributed by atoms with Crippen molar-refractivity contribution in [3.63, 3.8) is 0 Å². The van der Waals surface area contributed by atoms with Crippen LogP contribution < -0.4 is 0 Å². The minimum Gasteiger partial charge on any atom is -0.286 e. The first-order valence-electron chi connectivity index (χ1n) is 7.40. The number of benzene rings is 2. The van der Waals surface area contributed by atoms with Crippen LogP contribution in [0.25, 0.3) is 22.0 Å².